The van der Waals surface area contributed by atoms with Crippen LogP contribution >= 0.6 is 33.9 Å². The molecule has 56 valence electrons. The predicted molar refractivity (Wildman–Crippen MR) is 52.8 cm³/mol. The molecule has 0 unspecified atom stereocenters. The van der Waals surface area contributed by atoms with Crippen LogP contribution in [0.25, 0.3) is 0 Å². The lowest BCUT2D eigenvalue weighted by Crippen LogP contribution is -2.24. The number of nitrogens with one attached hydrogen (secondary N) is 1. The fourth-order valence-electron chi connectivity index (χ4n) is 0.643. The van der Waals surface area contributed by atoms with E-state index >= 15 is 0 Å². The molecule has 4 heteroatoms. The predicted octanol–water partition coefficient (Wildman–Crippen LogP) is 1.88. The van der Waals surface area contributed by atoms with E-state index in [4.69, 9.17) is 5.84 Å². The Balaban J connectivity index is 2.74. The van der Waals surface area contributed by atoms with Crippen molar-refractivity contribution in [2.75, 3.05) is 0 Å². The average Bonchev–Trinajstić information content (AvgIpc) is 2.34. The van der Waals surface area contributed by atoms with Gasteiger partial charge >= 0.3 is 0 Å². The van der Waals surface area contributed by atoms with E-state index in [2.05, 4.69) is 40.1 Å². The molecule has 0 radical (unpaired) electrons. The summed E-state index contributed by atoms with van der Waals surface area (Å²) in [4.78, 5) is 1.28. The minimum absolute atomic E-state index is 0.272. The largest absolute Gasteiger partial charge is 0.271 e. The number of rotatable bonds is 2. The highest BCUT2D eigenvalue weighted by molar-refractivity contribution is 14.1. The number of hydrogen-bond donors (Lipinski definition) is 2. The summed E-state index contributed by atoms with van der Waals surface area (Å²) in [5, 5.41) is 0. The van der Waals surface area contributed by atoms with E-state index in [9.17, 15) is 0 Å². The van der Waals surface area contributed by atoms with Gasteiger partial charge in [0.1, 0.15) is 0 Å². The lowest BCUT2D eigenvalue weighted by atomic mass is 10.3. The monoisotopic (exact) mass is 268 g/mol. The summed E-state index contributed by atoms with van der Waals surface area (Å²) in [5.74, 6) is 5.27. The molecule has 0 bridgehead atoms. The molecule has 1 aromatic heterocycles. The molecule has 1 aromatic rings. The first kappa shape index (κ1) is 8.45. The van der Waals surface area contributed by atoms with Crippen LogP contribution in [0.2, 0.25) is 0 Å². The summed E-state index contributed by atoms with van der Waals surface area (Å²) in [5.41, 5.74) is 2.70. The van der Waals surface area contributed by atoms with Crippen LogP contribution in [0.15, 0.2) is 12.1 Å². The highest BCUT2D eigenvalue weighted by atomic mass is 127. The Bertz CT molecular complexity index is 211. The maximum atomic E-state index is 5.27. The Morgan fingerprint density at radius 3 is 2.80 bits per heavy atom. The normalized spacial score (nSPS) is 13.5. The summed E-state index contributed by atoms with van der Waals surface area (Å²) in [6.07, 6.45) is 0. The zero-order valence-electron chi connectivity index (χ0n) is 5.60. The Morgan fingerprint density at radius 1 is 1.70 bits per heavy atom. The van der Waals surface area contributed by atoms with Gasteiger partial charge in [0.2, 0.25) is 0 Å². The zero-order valence-corrected chi connectivity index (χ0v) is 8.57. The molecule has 10 heavy (non-hydrogen) atoms. The van der Waals surface area contributed by atoms with Gasteiger partial charge in [-0.2, -0.15) is 0 Å². The molecule has 0 amide bonds. The van der Waals surface area contributed by atoms with Crippen LogP contribution < -0.4 is 11.3 Å². The smallest absolute Gasteiger partial charge is 0.0656 e. The van der Waals surface area contributed by atoms with Crippen molar-refractivity contribution >= 4 is 33.9 Å². The van der Waals surface area contributed by atoms with Gasteiger partial charge in [-0.15, -0.1) is 11.3 Å². The quantitative estimate of drug-likeness (QED) is 0.488. The van der Waals surface area contributed by atoms with Crippen LogP contribution in [0.4, 0.5) is 0 Å². The van der Waals surface area contributed by atoms with Crippen LogP contribution in [-0.2, 0) is 0 Å². The second-order valence-corrected chi connectivity index (χ2v) is 5.04. The Hall–Kier alpha value is 0.350. The van der Waals surface area contributed by atoms with Gasteiger partial charge in [-0.3, -0.25) is 11.3 Å². The van der Waals surface area contributed by atoms with E-state index in [-0.39, 0.29) is 6.04 Å². The molecule has 2 nitrogen and oxygen atoms in total. The average molecular weight is 268 g/mol. The van der Waals surface area contributed by atoms with E-state index in [0.717, 1.165) is 0 Å². The topological polar surface area (TPSA) is 38.0 Å². The Labute approximate surface area is 77.9 Å². The minimum atomic E-state index is 0.272. The first-order chi connectivity index (χ1) is 4.74. The van der Waals surface area contributed by atoms with Crippen molar-refractivity contribution < 1.29 is 0 Å². The first-order valence-corrected chi connectivity index (χ1v) is 4.85. The SMILES string of the molecule is C[C@@H](NN)c1ccc(I)s1. The summed E-state index contributed by atoms with van der Waals surface area (Å²) in [6.45, 7) is 2.04. The van der Waals surface area contributed by atoms with Gasteiger partial charge in [0.25, 0.3) is 0 Å². The molecule has 0 aromatic carbocycles. The summed E-state index contributed by atoms with van der Waals surface area (Å²) >= 11 is 4.06. The van der Waals surface area contributed by atoms with E-state index in [1.165, 1.54) is 7.76 Å². The Kier molecular flexibility index (Phi) is 3.09. The van der Waals surface area contributed by atoms with E-state index in [0.29, 0.717) is 0 Å². The molecular formula is C6H9IN2S. The van der Waals surface area contributed by atoms with Crippen LogP contribution in [0, 0.1) is 2.88 Å². The van der Waals surface area contributed by atoms with Crippen molar-refractivity contribution in [2.45, 2.75) is 13.0 Å². The van der Waals surface area contributed by atoms with Gasteiger partial charge in [-0.05, 0) is 41.6 Å². The molecule has 3 N–H and O–H groups in total. The molecule has 0 spiro atoms. The maximum absolute atomic E-state index is 5.27. The van der Waals surface area contributed by atoms with Crippen LogP contribution in [0.1, 0.15) is 17.8 Å². The number of halogens is 1. The molecule has 0 saturated heterocycles. The van der Waals surface area contributed by atoms with Crippen molar-refractivity contribution in [3.63, 3.8) is 0 Å². The first-order valence-electron chi connectivity index (χ1n) is 2.95. The van der Waals surface area contributed by atoms with Crippen molar-refractivity contribution in [1.82, 2.24) is 5.43 Å². The lowest BCUT2D eigenvalue weighted by molar-refractivity contribution is 0.612. The van der Waals surface area contributed by atoms with Crippen LogP contribution in [0.5, 0.6) is 0 Å². The molecule has 1 heterocycles. The fraction of sp³-hybridized carbons (Fsp3) is 0.333. The third-order valence-electron chi connectivity index (χ3n) is 1.27. The molecule has 0 saturated carbocycles. The number of hydrazine groups is 1. The van der Waals surface area contributed by atoms with Gasteiger partial charge in [-0.1, -0.05) is 0 Å². The van der Waals surface area contributed by atoms with Gasteiger partial charge in [0.05, 0.1) is 8.93 Å². The minimum Gasteiger partial charge on any atom is -0.271 e. The molecule has 0 fully saturated rings. The van der Waals surface area contributed by atoms with E-state index < -0.39 is 0 Å². The lowest BCUT2D eigenvalue weighted by Gasteiger charge is -2.04. The molecule has 0 aliphatic carbocycles. The fourth-order valence-corrected chi connectivity index (χ4v) is 2.33. The van der Waals surface area contributed by atoms with E-state index in [1.807, 2.05) is 6.92 Å². The second kappa shape index (κ2) is 3.66. The zero-order chi connectivity index (χ0) is 7.56. The number of nitrogens with two attached hydrogens (primary N) is 1. The van der Waals surface area contributed by atoms with Crippen LogP contribution in [-0.4, -0.2) is 0 Å². The van der Waals surface area contributed by atoms with Crippen molar-refractivity contribution in [1.29, 1.82) is 0 Å². The maximum Gasteiger partial charge on any atom is 0.0656 e. The van der Waals surface area contributed by atoms with E-state index in [1.54, 1.807) is 11.3 Å². The van der Waals surface area contributed by atoms with Gasteiger partial charge in [-0.25, -0.2) is 0 Å². The van der Waals surface area contributed by atoms with Gasteiger partial charge in [0, 0.05) is 4.88 Å². The third-order valence-corrected chi connectivity index (χ3v) is 3.35. The number of hydrogen-bond acceptors (Lipinski definition) is 3. The molecule has 1 rings (SSSR count). The number of thiophene rings is 1. The highest BCUT2D eigenvalue weighted by Crippen LogP contribution is 2.23. The standard InChI is InChI=1S/C6H9IN2S/c1-4(9-8)5-2-3-6(7)10-5/h2-4,9H,8H2,1H3/t4-/m1/s1. The Morgan fingerprint density at radius 2 is 2.40 bits per heavy atom. The van der Waals surface area contributed by atoms with Crippen molar-refractivity contribution in [2.24, 2.45) is 5.84 Å². The van der Waals surface area contributed by atoms with Gasteiger partial charge < -0.3 is 0 Å². The summed E-state index contributed by atoms with van der Waals surface area (Å²) in [7, 11) is 0. The summed E-state index contributed by atoms with van der Waals surface area (Å²) in [6, 6.07) is 4.46. The van der Waals surface area contributed by atoms with Crippen LogP contribution in [0.3, 0.4) is 0 Å². The van der Waals surface area contributed by atoms with Crippen molar-refractivity contribution in [3.8, 4) is 0 Å². The highest BCUT2D eigenvalue weighted by Gasteiger charge is 2.03. The molecule has 0 aliphatic heterocycles. The second-order valence-electron chi connectivity index (χ2n) is 2.03. The van der Waals surface area contributed by atoms with Crippen molar-refractivity contribution in [3.05, 3.63) is 19.9 Å². The molecule has 0 aliphatic rings. The molecular weight excluding hydrogens is 259 g/mol. The summed E-state index contributed by atoms with van der Waals surface area (Å²) < 4.78 is 1.30. The third kappa shape index (κ3) is 1.91. The van der Waals surface area contributed by atoms with Gasteiger partial charge in [0.15, 0.2) is 0 Å². The molecule has 1 atom stereocenters.